The molecule has 1 aromatic heterocycles. The first-order chi connectivity index (χ1) is 12.5. The van der Waals surface area contributed by atoms with Gasteiger partial charge in [0.05, 0.1) is 0 Å². The summed E-state index contributed by atoms with van der Waals surface area (Å²) in [6, 6.07) is 11.7. The molecule has 3 aromatic rings. The summed E-state index contributed by atoms with van der Waals surface area (Å²) in [6.07, 6.45) is 2.71. The van der Waals surface area contributed by atoms with E-state index in [-0.39, 0.29) is 18.5 Å². The fourth-order valence-electron chi connectivity index (χ4n) is 2.96. The minimum Gasteiger partial charge on any atom is -0.361 e. The number of nitrogens with one attached hydrogen (secondary N) is 2. The molecule has 1 amide bonds. The molecule has 0 spiro atoms. The van der Waals surface area contributed by atoms with Crippen LogP contribution in [0.1, 0.15) is 24.1 Å². The number of hydrogen-bond donors (Lipinski definition) is 3. The number of amides is 1. The maximum atomic E-state index is 13.3. The molecule has 1 heterocycles. The van der Waals surface area contributed by atoms with Gasteiger partial charge in [0.15, 0.2) is 18.2 Å². The van der Waals surface area contributed by atoms with Crippen molar-refractivity contribution in [1.82, 2.24) is 10.3 Å². The number of aromatic amines is 1. The van der Waals surface area contributed by atoms with Crippen molar-refractivity contribution in [2.24, 2.45) is 0 Å². The average molecular weight is 358 g/mol. The molecule has 0 aliphatic carbocycles. The van der Waals surface area contributed by atoms with E-state index >= 15 is 0 Å². The number of H-pyrrole nitrogens is 1. The minimum atomic E-state index is -0.870. The Kier molecular flexibility index (Phi) is 5.63. The number of benzene rings is 2. The zero-order chi connectivity index (χ0) is 18.5. The molecule has 26 heavy (non-hydrogen) atoms. The molecular formula is C20H22F2N3O+. The molecule has 0 radical (unpaired) electrons. The molecule has 0 bridgehead atoms. The van der Waals surface area contributed by atoms with Crippen LogP contribution in [0.4, 0.5) is 8.78 Å². The summed E-state index contributed by atoms with van der Waals surface area (Å²) in [5.74, 6) is -1.82. The van der Waals surface area contributed by atoms with Gasteiger partial charge in [-0.05, 0) is 43.2 Å². The van der Waals surface area contributed by atoms with Crippen LogP contribution in [0.2, 0.25) is 0 Å². The number of rotatable bonds is 7. The summed E-state index contributed by atoms with van der Waals surface area (Å²) in [6.45, 7) is 2.63. The molecule has 3 rings (SSSR count). The normalized spacial score (nSPS) is 12.3. The van der Waals surface area contributed by atoms with Crippen LogP contribution >= 0.6 is 0 Å². The van der Waals surface area contributed by atoms with Crippen molar-refractivity contribution in [3.8, 4) is 0 Å². The second kappa shape index (κ2) is 8.10. The van der Waals surface area contributed by atoms with Crippen LogP contribution in [0, 0.1) is 11.6 Å². The smallest absolute Gasteiger partial charge is 0.275 e. The van der Waals surface area contributed by atoms with Crippen molar-refractivity contribution in [3.05, 3.63) is 71.4 Å². The van der Waals surface area contributed by atoms with Crippen molar-refractivity contribution in [1.29, 1.82) is 0 Å². The second-order valence-electron chi connectivity index (χ2n) is 6.36. The molecule has 4 nitrogen and oxygen atoms in total. The Bertz CT molecular complexity index is 907. The van der Waals surface area contributed by atoms with Gasteiger partial charge in [-0.2, -0.15) is 0 Å². The molecule has 0 aliphatic heterocycles. The zero-order valence-corrected chi connectivity index (χ0v) is 14.6. The number of carbonyl (C=O) groups is 1. The van der Waals surface area contributed by atoms with Gasteiger partial charge in [-0.15, -0.1) is 0 Å². The average Bonchev–Trinajstić information content (AvgIpc) is 3.05. The molecule has 136 valence electrons. The number of carbonyl (C=O) groups excluding carboxylic acids is 1. The Morgan fingerprint density at radius 2 is 2.00 bits per heavy atom. The van der Waals surface area contributed by atoms with Crippen LogP contribution < -0.4 is 10.6 Å². The van der Waals surface area contributed by atoms with Crippen LogP contribution in [0.25, 0.3) is 10.9 Å². The van der Waals surface area contributed by atoms with E-state index < -0.39 is 11.6 Å². The SMILES string of the molecule is C[C@H]([NH2+]CC(=O)NCCc1c[nH]c2ccccc12)c1ccc(F)c(F)c1. The largest absolute Gasteiger partial charge is 0.361 e. The Hall–Kier alpha value is -2.73. The van der Waals surface area contributed by atoms with Crippen molar-refractivity contribution < 1.29 is 18.9 Å². The van der Waals surface area contributed by atoms with Gasteiger partial charge in [0.25, 0.3) is 5.91 Å². The summed E-state index contributed by atoms with van der Waals surface area (Å²) >= 11 is 0. The number of hydrogen-bond acceptors (Lipinski definition) is 1. The number of aromatic nitrogens is 1. The fourth-order valence-corrected chi connectivity index (χ4v) is 2.96. The third-order valence-corrected chi connectivity index (χ3v) is 4.52. The zero-order valence-electron chi connectivity index (χ0n) is 14.6. The maximum Gasteiger partial charge on any atom is 0.275 e. The van der Waals surface area contributed by atoms with Gasteiger partial charge in [-0.3, -0.25) is 4.79 Å². The van der Waals surface area contributed by atoms with Gasteiger partial charge in [0.1, 0.15) is 6.04 Å². The van der Waals surface area contributed by atoms with E-state index in [1.807, 2.05) is 31.3 Å². The molecule has 2 aromatic carbocycles. The second-order valence-corrected chi connectivity index (χ2v) is 6.36. The van der Waals surface area contributed by atoms with Gasteiger partial charge in [-0.25, -0.2) is 8.78 Å². The van der Waals surface area contributed by atoms with E-state index in [0.29, 0.717) is 12.1 Å². The lowest BCUT2D eigenvalue weighted by atomic mass is 10.1. The van der Waals surface area contributed by atoms with Gasteiger partial charge < -0.3 is 15.6 Å². The minimum absolute atomic E-state index is 0.0840. The van der Waals surface area contributed by atoms with Crippen LogP contribution in [0.3, 0.4) is 0 Å². The van der Waals surface area contributed by atoms with Crippen molar-refractivity contribution >= 4 is 16.8 Å². The number of para-hydroxylation sites is 1. The van der Waals surface area contributed by atoms with E-state index in [1.54, 1.807) is 5.32 Å². The standard InChI is InChI=1S/C20H21F2N3O/c1-13(14-6-7-17(21)18(22)10-14)24-12-20(26)23-9-8-15-11-25-19-5-3-2-4-16(15)19/h2-7,10-11,13,24-25H,8-9,12H2,1H3,(H,23,26)/p+1/t13-/m0/s1. The highest BCUT2D eigenvalue weighted by atomic mass is 19.2. The van der Waals surface area contributed by atoms with Crippen LogP contribution in [-0.4, -0.2) is 24.0 Å². The lowest BCUT2D eigenvalue weighted by Gasteiger charge is -2.11. The topological polar surface area (TPSA) is 61.5 Å². The molecule has 0 fully saturated rings. The quantitative estimate of drug-likeness (QED) is 0.597. The highest BCUT2D eigenvalue weighted by Gasteiger charge is 2.13. The fraction of sp³-hybridized carbons (Fsp3) is 0.250. The Labute approximate surface area is 150 Å². The highest BCUT2D eigenvalue weighted by molar-refractivity contribution is 5.83. The third kappa shape index (κ3) is 4.26. The number of nitrogens with two attached hydrogens (primary N) is 1. The van der Waals surface area contributed by atoms with E-state index in [4.69, 9.17) is 0 Å². The van der Waals surface area contributed by atoms with Crippen LogP contribution in [-0.2, 0) is 11.2 Å². The summed E-state index contributed by atoms with van der Waals surface area (Å²) in [7, 11) is 0. The number of halogens is 2. The van der Waals surface area contributed by atoms with Crippen LogP contribution in [0.15, 0.2) is 48.7 Å². The predicted octanol–water partition coefficient (Wildman–Crippen LogP) is 2.43. The monoisotopic (exact) mass is 358 g/mol. The van der Waals surface area contributed by atoms with Crippen molar-refractivity contribution in [2.45, 2.75) is 19.4 Å². The molecule has 0 aliphatic rings. The number of quaternary nitrogens is 1. The summed E-state index contributed by atoms with van der Waals surface area (Å²) < 4.78 is 26.3. The van der Waals surface area contributed by atoms with E-state index in [0.717, 1.165) is 18.0 Å². The Morgan fingerprint density at radius 1 is 1.19 bits per heavy atom. The van der Waals surface area contributed by atoms with Gasteiger partial charge in [0.2, 0.25) is 0 Å². The third-order valence-electron chi connectivity index (χ3n) is 4.52. The Balaban J connectivity index is 1.44. The highest BCUT2D eigenvalue weighted by Crippen LogP contribution is 2.17. The summed E-state index contributed by atoms with van der Waals surface area (Å²) in [4.78, 5) is 15.2. The number of fused-ring (bicyclic) bond motifs is 1. The molecule has 0 unspecified atom stereocenters. The first kappa shape index (κ1) is 18.1. The van der Waals surface area contributed by atoms with E-state index in [2.05, 4.69) is 16.4 Å². The van der Waals surface area contributed by atoms with Gasteiger partial charge in [-0.1, -0.05) is 18.2 Å². The molecule has 4 N–H and O–H groups in total. The van der Waals surface area contributed by atoms with Crippen molar-refractivity contribution in [3.63, 3.8) is 0 Å². The maximum absolute atomic E-state index is 13.3. The lowest BCUT2D eigenvalue weighted by Crippen LogP contribution is -2.87. The van der Waals surface area contributed by atoms with Crippen molar-refractivity contribution in [2.75, 3.05) is 13.1 Å². The lowest BCUT2D eigenvalue weighted by molar-refractivity contribution is -0.682. The first-order valence-electron chi connectivity index (χ1n) is 8.64. The van der Waals surface area contributed by atoms with Gasteiger partial charge in [0, 0.05) is 29.2 Å². The molecule has 0 saturated carbocycles. The summed E-state index contributed by atoms with van der Waals surface area (Å²) in [5, 5.41) is 5.86. The van der Waals surface area contributed by atoms with Crippen LogP contribution in [0.5, 0.6) is 0 Å². The predicted molar refractivity (Wildman–Crippen MR) is 96.6 cm³/mol. The van der Waals surface area contributed by atoms with E-state index in [9.17, 15) is 13.6 Å². The summed E-state index contributed by atoms with van der Waals surface area (Å²) in [5.41, 5.74) is 2.90. The molecule has 1 atom stereocenters. The molecule has 0 saturated heterocycles. The molecule has 6 heteroatoms. The van der Waals surface area contributed by atoms with Gasteiger partial charge >= 0.3 is 0 Å². The molecular weight excluding hydrogens is 336 g/mol. The van der Waals surface area contributed by atoms with E-state index in [1.165, 1.54) is 23.1 Å². The Morgan fingerprint density at radius 3 is 2.81 bits per heavy atom. The first-order valence-corrected chi connectivity index (χ1v) is 8.64.